The van der Waals surface area contributed by atoms with Crippen molar-refractivity contribution in [1.29, 1.82) is 0 Å². The predicted octanol–water partition coefficient (Wildman–Crippen LogP) is 1.48. The van der Waals surface area contributed by atoms with Crippen molar-refractivity contribution in [2.24, 2.45) is 0 Å². The Kier molecular flexibility index (Phi) is 4.75. The summed E-state index contributed by atoms with van der Waals surface area (Å²) in [7, 11) is 0. The van der Waals surface area contributed by atoms with E-state index in [2.05, 4.69) is 37.2 Å². The van der Waals surface area contributed by atoms with Crippen LogP contribution < -0.4 is 10.2 Å². The molecule has 1 aliphatic rings. The Morgan fingerprint density at radius 2 is 1.96 bits per heavy atom. The van der Waals surface area contributed by atoms with E-state index in [4.69, 9.17) is 4.52 Å². The highest BCUT2D eigenvalue weighted by molar-refractivity contribution is 6.02. The zero-order valence-electron chi connectivity index (χ0n) is 14.2. The standard InChI is InChI=1S/C16H22N6O2/c1-4-21-5-7-22(8-6-21)16-17-11(2)9-13(18-16)15(23)19-14-10-12(3)24-20-14/h9-10H,4-8H2,1-3H3,(H,19,20,23). The molecule has 8 heteroatoms. The number of amides is 1. The van der Waals surface area contributed by atoms with Crippen LogP contribution in [0.5, 0.6) is 0 Å². The highest BCUT2D eigenvalue weighted by Gasteiger charge is 2.20. The zero-order chi connectivity index (χ0) is 17.1. The van der Waals surface area contributed by atoms with Crippen molar-refractivity contribution in [3.05, 3.63) is 29.3 Å². The van der Waals surface area contributed by atoms with Crippen LogP contribution >= 0.6 is 0 Å². The van der Waals surface area contributed by atoms with Crippen LogP contribution in [0.15, 0.2) is 16.7 Å². The minimum absolute atomic E-state index is 0.317. The van der Waals surface area contributed by atoms with E-state index in [9.17, 15) is 4.79 Å². The predicted molar refractivity (Wildman–Crippen MR) is 90.3 cm³/mol. The molecule has 0 aromatic carbocycles. The number of hydrogen-bond donors (Lipinski definition) is 1. The number of piperazine rings is 1. The number of hydrogen-bond acceptors (Lipinski definition) is 7. The Bertz CT molecular complexity index is 721. The van der Waals surface area contributed by atoms with Crippen LogP contribution in [0.1, 0.15) is 28.9 Å². The molecule has 1 amide bonds. The van der Waals surface area contributed by atoms with Crippen LogP contribution in [0.25, 0.3) is 0 Å². The van der Waals surface area contributed by atoms with Gasteiger partial charge in [-0.1, -0.05) is 12.1 Å². The molecule has 8 nitrogen and oxygen atoms in total. The van der Waals surface area contributed by atoms with E-state index in [0.29, 0.717) is 23.2 Å². The van der Waals surface area contributed by atoms with Gasteiger partial charge < -0.3 is 19.6 Å². The normalized spacial score (nSPS) is 15.5. The van der Waals surface area contributed by atoms with E-state index in [1.807, 2.05) is 6.92 Å². The van der Waals surface area contributed by atoms with Gasteiger partial charge in [0.05, 0.1) is 0 Å². The summed E-state index contributed by atoms with van der Waals surface area (Å²) < 4.78 is 4.95. The lowest BCUT2D eigenvalue weighted by Crippen LogP contribution is -2.47. The minimum atomic E-state index is -0.317. The number of carbonyl (C=O) groups excluding carboxylic acids is 1. The van der Waals surface area contributed by atoms with Gasteiger partial charge in [-0.2, -0.15) is 0 Å². The van der Waals surface area contributed by atoms with Gasteiger partial charge >= 0.3 is 0 Å². The fraction of sp³-hybridized carbons (Fsp3) is 0.500. The van der Waals surface area contributed by atoms with Gasteiger partial charge in [0.1, 0.15) is 11.5 Å². The SMILES string of the molecule is CCN1CCN(c2nc(C)cc(C(=O)Nc3cc(C)on3)n2)CC1. The molecule has 1 fully saturated rings. The molecule has 128 valence electrons. The monoisotopic (exact) mass is 330 g/mol. The highest BCUT2D eigenvalue weighted by atomic mass is 16.5. The highest BCUT2D eigenvalue weighted by Crippen LogP contribution is 2.15. The van der Waals surface area contributed by atoms with Crippen LogP contribution in [-0.2, 0) is 0 Å². The summed E-state index contributed by atoms with van der Waals surface area (Å²) in [6, 6.07) is 3.34. The van der Waals surface area contributed by atoms with Gasteiger partial charge in [0.2, 0.25) is 5.95 Å². The second-order valence-corrected chi connectivity index (χ2v) is 5.89. The zero-order valence-corrected chi connectivity index (χ0v) is 14.2. The first-order valence-corrected chi connectivity index (χ1v) is 8.13. The molecule has 0 aliphatic carbocycles. The van der Waals surface area contributed by atoms with Crippen molar-refractivity contribution in [2.75, 3.05) is 42.9 Å². The number of aromatic nitrogens is 3. The maximum absolute atomic E-state index is 12.4. The lowest BCUT2D eigenvalue weighted by atomic mass is 10.3. The number of anilines is 2. The van der Waals surface area contributed by atoms with E-state index in [1.54, 1.807) is 19.1 Å². The van der Waals surface area contributed by atoms with Gasteiger partial charge in [0.15, 0.2) is 5.82 Å². The van der Waals surface area contributed by atoms with Crippen molar-refractivity contribution < 1.29 is 9.32 Å². The first kappa shape index (κ1) is 16.4. The fourth-order valence-corrected chi connectivity index (χ4v) is 2.68. The van der Waals surface area contributed by atoms with Crippen molar-refractivity contribution in [2.45, 2.75) is 20.8 Å². The molecular formula is C16H22N6O2. The first-order valence-electron chi connectivity index (χ1n) is 8.13. The van der Waals surface area contributed by atoms with E-state index in [1.165, 1.54) is 0 Å². The molecule has 2 aromatic heterocycles. The molecule has 0 bridgehead atoms. The number of likely N-dealkylation sites (N-methyl/N-ethyl adjacent to an activating group) is 1. The number of aryl methyl sites for hydroxylation is 2. The van der Waals surface area contributed by atoms with Crippen LogP contribution in [0.3, 0.4) is 0 Å². The third-order valence-electron chi connectivity index (χ3n) is 4.05. The van der Waals surface area contributed by atoms with Crippen molar-refractivity contribution in [1.82, 2.24) is 20.0 Å². The number of rotatable bonds is 4. The lowest BCUT2D eigenvalue weighted by molar-refractivity contribution is 0.102. The third-order valence-corrected chi connectivity index (χ3v) is 4.05. The van der Waals surface area contributed by atoms with E-state index < -0.39 is 0 Å². The lowest BCUT2D eigenvalue weighted by Gasteiger charge is -2.34. The quantitative estimate of drug-likeness (QED) is 0.908. The van der Waals surface area contributed by atoms with Crippen LogP contribution in [0.4, 0.5) is 11.8 Å². The van der Waals surface area contributed by atoms with Crippen molar-refractivity contribution >= 4 is 17.7 Å². The fourth-order valence-electron chi connectivity index (χ4n) is 2.68. The Labute approximate surface area is 140 Å². The number of nitrogens with one attached hydrogen (secondary N) is 1. The molecule has 0 saturated carbocycles. The summed E-state index contributed by atoms with van der Waals surface area (Å²) in [5.41, 5.74) is 1.09. The summed E-state index contributed by atoms with van der Waals surface area (Å²) in [6.07, 6.45) is 0. The minimum Gasteiger partial charge on any atom is -0.360 e. The number of nitrogens with zero attached hydrogens (tertiary/aromatic N) is 5. The first-order chi connectivity index (χ1) is 11.5. The van der Waals surface area contributed by atoms with Crippen molar-refractivity contribution in [3.8, 4) is 0 Å². The Balaban J connectivity index is 1.75. The number of carbonyl (C=O) groups is 1. The molecule has 1 N–H and O–H groups in total. The second-order valence-electron chi connectivity index (χ2n) is 5.89. The third kappa shape index (κ3) is 3.70. The Morgan fingerprint density at radius 3 is 2.58 bits per heavy atom. The van der Waals surface area contributed by atoms with Gasteiger partial charge in [-0.3, -0.25) is 4.79 Å². The largest absolute Gasteiger partial charge is 0.360 e. The van der Waals surface area contributed by atoms with Crippen LogP contribution in [-0.4, -0.2) is 58.7 Å². The topological polar surface area (TPSA) is 87.4 Å². The molecule has 1 saturated heterocycles. The maximum atomic E-state index is 12.4. The van der Waals surface area contributed by atoms with Crippen LogP contribution in [0, 0.1) is 13.8 Å². The smallest absolute Gasteiger partial charge is 0.275 e. The van der Waals surface area contributed by atoms with Gasteiger partial charge in [-0.15, -0.1) is 0 Å². The van der Waals surface area contributed by atoms with E-state index in [0.717, 1.165) is 38.4 Å². The average molecular weight is 330 g/mol. The Hall–Kier alpha value is -2.48. The molecule has 0 radical (unpaired) electrons. The van der Waals surface area contributed by atoms with Crippen LogP contribution in [0.2, 0.25) is 0 Å². The van der Waals surface area contributed by atoms with Gasteiger partial charge in [-0.25, -0.2) is 9.97 Å². The van der Waals surface area contributed by atoms with E-state index in [-0.39, 0.29) is 5.91 Å². The molecule has 3 rings (SSSR count). The molecule has 3 heterocycles. The van der Waals surface area contributed by atoms with E-state index >= 15 is 0 Å². The molecule has 1 aliphatic heterocycles. The van der Waals surface area contributed by atoms with Gasteiger partial charge in [-0.05, 0) is 26.5 Å². The molecular weight excluding hydrogens is 308 g/mol. The Morgan fingerprint density at radius 1 is 1.21 bits per heavy atom. The summed E-state index contributed by atoms with van der Waals surface area (Å²) in [5.74, 6) is 1.31. The summed E-state index contributed by atoms with van der Waals surface area (Å²) in [4.78, 5) is 25.8. The molecule has 0 spiro atoms. The summed E-state index contributed by atoms with van der Waals surface area (Å²) in [6.45, 7) is 10.5. The van der Waals surface area contributed by atoms with Gasteiger partial charge in [0.25, 0.3) is 5.91 Å². The summed E-state index contributed by atoms with van der Waals surface area (Å²) >= 11 is 0. The molecule has 24 heavy (non-hydrogen) atoms. The van der Waals surface area contributed by atoms with Crippen molar-refractivity contribution in [3.63, 3.8) is 0 Å². The maximum Gasteiger partial charge on any atom is 0.275 e. The molecule has 0 atom stereocenters. The average Bonchev–Trinajstić information content (AvgIpc) is 2.99. The second kappa shape index (κ2) is 6.96. The van der Waals surface area contributed by atoms with Gasteiger partial charge in [0, 0.05) is 37.9 Å². The molecule has 2 aromatic rings. The summed E-state index contributed by atoms with van der Waals surface area (Å²) in [5, 5.41) is 6.46. The molecule has 0 unspecified atom stereocenters.